The summed E-state index contributed by atoms with van der Waals surface area (Å²) < 4.78 is 33.4. The number of fused-ring (bicyclic) bond motifs is 2. The Hall–Kier alpha value is -2.43. The van der Waals surface area contributed by atoms with Crippen LogP contribution in [0.4, 0.5) is 8.78 Å². The van der Waals surface area contributed by atoms with E-state index in [-0.39, 0.29) is 29.3 Å². The minimum Gasteiger partial charge on any atom is -0.493 e. The summed E-state index contributed by atoms with van der Waals surface area (Å²) in [4.78, 5) is 14.3. The molecule has 2 aliphatic rings. The lowest BCUT2D eigenvalue weighted by molar-refractivity contribution is -0.132. The molecule has 1 spiro atoms. The lowest BCUT2D eigenvalue weighted by Crippen LogP contribution is -2.32. The van der Waals surface area contributed by atoms with Gasteiger partial charge in [-0.3, -0.25) is 4.79 Å². The van der Waals surface area contributed by atoms with Crippen LogP contribution in [-0.4, -0.2) is 24.5 Å². The van der Waals surface area contributed by atoms with Crippen LogP contribution in [0, 0.1) is 17.6 Å². The molecule has 2 aromatic carbocycles. The lowest BCUT2D eigenvalue weighted by atomic mass is 9.87. The summed E-state index contributed by atoms with van der Waals surface area (Å²) in [6.07, 6.45) is 1.55. The van der Waals surface area contributed by atoms with Crippen molar-refractivity contribution in [1.29, 1.82) is 0 Å². The van der Waals surface area contributed by atoms with Crippen LogP contribution in [0.1, 0.15) is 24.0 Å². The van der Waals surface area contributed by atoms with Crippen LogP contribution in [0.25, 0.3) is 0 Å². The summed E-state index contributed by atoms with van der Waals surface area (Å²) >= 11 is 0. The van der Waals surface area contributed by atoms with E-state index in [0.29, 0.717) is 6.61 Å². The highest BCUT2D eigenvalue weighted by atomic mass is 19.1. The van der Waals surface area contributed by atoms with Gasteiger partial charge in [-0.15, -0.1) is 0 Å². The summed E-state index contributed by atoms with van der Waals surface area (Å²) in [7, 11) is 1.60. The predicted molar refractivity (Wildman–Crippen MR) is 89.2 cm³/mol. The number of carbonyl (C=O) groups excluding carboxylic acids is 1. The fraction of sp³-hybridized carbons (Fsp3) is 0.350. The molecule has 25 heavy (non-hydrogen) atoms. The number of hydrogen-bond donors (Lipinski definition) is 0. The van der Waals surface area contributed by atoms with Crippen molar-refractivity contribution in [2.24, 2.45) is 5.92 Å². The molecule has 1 saturated carbocycles. The van der Waals surface area contributed by atoms with E-state index in [1.165, 1.54) is 23.1 Å². The average Bonchev–Trinajstić information content (AvgIpc) is 3.32. The van der Waals surface area contributed by atoms with Crippen LogP contribution in [0.5, 0.6) is 5.75 Å². The number of ether oxygens (including phenoxy) is 1. The summed E-state index contributed by atoms with van der Waals surface area (Å²) in [6, 6.07) is 11.6. The molecule has 2 atom stereocenters. The van der Waals surface area contributed by atoms with Crippen molar-refractivity contribution in [3.63, 3.8) is 0 Å². The largest absolute Gasteiger partial charge is 0.493 e. The Morgan fingerprint density at radius 1 is 1.20 bits per heavy atom. The maximum Gasteiger partial charge on any atom is 0.226 e. The summed E-state index contributed by atoms with van der Waals surface area (Å²) in [5.74, 6) is -0.633. The Balaban J connectivity index is 1.54. The molecular formula is C20H19F2NO2. The molecule has 5 heteroatoms. The Kier molecular flexibility index (Phi) is 3.74. The molecule has 1 amide bonds. The molecule has 1 fully saturated rings. The van der Waals surface area contributed by atoms with Crippen molar-refractivity contribution >= 4 is 5.91 Å². The molecule has 0 bridgehead atoms. The zero-order valence-corrected chi connectivity index (χ0v) is 14.0. The SMILES string of the molecule is CN(Cc1c(F)cccc1F)C(=O)[C@@H]1C[C@]12CCOc1ccccc12. The van der Waals surface area contributed by atoms with E-state index in [2.05, 4.69) is 0 Å². The van der Waals surface area contributed by atoms with E-state index in [9.17, 15) is 13.6 Å². The predicted octanol–water partition coefficient (Wildman–Crippen LogP) is 3.66. The Labute approximate surface area is 145 Å². The molecule has 0 unspecified atom stereocenters. The van der Waals surface area contributed by atoms with Crippen LogP contribution >= 0.6 is 0 Å². The van der Waals surface area contributed by atoms with Gasteiger partial charge in [0.2, 0.25) is 5.91 Å². The highest BCUT2D eigenvalue weighted by Crippen LogP contribution is 2.61. The van der Waals surface area contributed by atoms with Gasteiger partial charge in [0.25, 0.3) is 0 Å². The third-order valence-corrected chi connectivity index (χ3v) is 5.44. The summed E-state index contributed by atoms with van der Waals surface area (Å²) in [5, 5.41) is 0. The molecular weight excluding hydrogens is 324 g/mol. The Morgan fingerprint density at radius 2 is 1.92 bits per heavy atom. The van der Waals surface area contributed by atoms with Crippen molar-refractivity contribution < 1.29 is 18.3 Å². The van der Waals surface area contributed by atoms with Gasteiger partial charge in [0.05, 0.1) is 13.2 Å². The van der Waals surface area contributed by atoms with Crippen LogP contribution in [0.2, 0.25) is 0 Å². The van der Waals surface area contributed by atoms with Crippen LogP contribution < -0.4 is 4.74 Å². The molecule has 1 aliphatic heterocycles. The van der Waals surface area contributed by atoms with Crippen molar-refractivity contribution in [2.75, 3.05) is 13.7 Å². The maximum atomic E-state index is 13.8. The van der Waals surface area contributed by atoms with Gasteiger partial charge in [-0.05, 0) is 31.0 Å². The number of halogens is 2. The number of nitrogens with zero attached hydrogens (tertiary/aromatic N) is 1. The highest BCUT2D eigenvalue weighted by Gasteiger charge is 2.61. The van der Waals surface area contributed by atoms with Crippen molar-refractivity contribution in [3.8, 4) is 5.75 Å². The molecule has 1 aliphatic carbocycles. The second-order valence-corrected chi connectivity index (χ2v) is 6.90. The zero-order valence-electron chi connectivity index (χ0n) is 14.0. The van der Waals surface area contributed by atoms with Crippen molar-refractivity contribution in [2.45, 2.75) is 24.8 Å². The van der Waals surface area contributed by atoms with Crippen LogP contribution in [0.15, 0.2) is 42.5 Å². The molecule has 1 heterocycles. The van der Waals surface area contributed by atoms with Crippen molar-refractivity contribution in [3.05, 3.63) is 65.2 Å². The van der Waals surface area contributed by atoms with Crippen LogP contribution in [0.3, 0.4) is 0 Å². The van der Waals surface area contributed by atoms with E-state index in [0.717, 1.165) is 24.2 Å². The number of rotatable bonds is 3. The van der Waals surface area contributed by atoms with Crippen LogP contribution in [-0.2, 0) is 16.8 Å². The highest BCUT2D eigenvalue weighted by molar-refractivity contribution is 5.84. The number of para-hydroxylation sites is 1. The van der Waals surface area contributed by atoms with Gasteiger partial charge < -0.3 is 9.64 Å². The molecule has 0 radical (unpaired) electrons. The van der Waals surface area contributed by atoms with Gasteiger partial charge in [0.1, 0.15) is 17.4 Å². The topological polar surface area (TPSA) is 29.5 Å². The van der Waals surface area contributed by atoms with E-state index in [4.69, 9.17) is 4.74 Å². The first-order valence-electron chi connectivity index (χ1n) is 8.43. The Morgan fingerprint density at radius 3 is 2.68 bits per heavy atom. The zero-order chi connectivity index (χ0) is 17.6. The van der Waals surface area contributed by atoms with Gasteiger partial charge in [-0.25, -0.2) is 8.78 Å². The van der Waals surface area contributed by atoms with Gasteiger partial charge in [-0.1, -0.05) is 24.3 Å². The maximum absolute atomic E-state index is 13.8. The quantitative estimate of drug-likeness (QED) is 0.851. The Bertz CT molecular complexity index is 818. The van der Waals surface area contributed by atoms with E-state index >= 15 is 0 Å². The standard InChI is InChI=1S/C20H19F2NO2/c1-23(12-13-16(21)6-4-7-17(13)22)19(24)15-11-20(15)9-10-25-18-8-3-2-5-14(18)20/h2-8,15H,9-12H2,1H3/t15-,20-/m0/s1. The van der Waals surface area contributed by atoms with Gasteiger partial charge >= 0.3 is 0 Å². The molecule has 3 nitrogen and oxygen atoms in total. The first-order chi connectivity index (χ1) is 12.0. The molecule has 0 saturated heterocycles. The van der Waals surface area contributed by atoms with Crippen molar-refractivity contribution in [1.82, 2.24) is 4.90 Å². The molecule has 130 valence electrons. The number of amides is 1. The lowest BCUT2D eigenvalue weighted by Gasteiger charge is -2.28. The van der Waals surface area contributed by atoms with Gasteiger partial charge in [0.15, 0.2) is 0 Å². The monoisotopic (exact) mass is 343 g/mol. The first kappa shape index (κ1) is 16.1. The summed E-state index contributed by atoms with van der Waals surface area (Å²) in [5.41, 5.74) is 0.819. The minimum absolute atomic E-state index is 0.0674. The normalized spacial score (nSPS) is 23.7. The third-order valence-electron chi connectivity index (χ3n) is 5.44. The fourth-order valence-electron chi connectivity index (χ4n) is 3.95. The molecule has 4 rings (SSSR count). The molecule has 0 aromatic heterocycles. The second kappa shape index (κ2) is 5.83. The number of hydrogen-bond acceptors (Lipinski definition) is 2. The van der Waals surface area contributed by atoms with E-state index in [1.54, 1.807) is 7.05 Å². The van der Waals surface area contributed by atoms with E-state index in [1.807, 2.05) is 24.3 Å². The third kappa shape index (κ3) is 2.58. The van der Waals surface area contributed by atoms with E-state index < -0.39 is 11.6 Å². The summed E-state index contributed by atoms with van der Waals surface area (Å²) in [6.45, 7) is 0.522. The fourth-order valence-corrected chi connectivity index (χ4v) is 3.95. The average molecular weight is 343 g/mol. The molecule has 2 aromatic rings. The first-order valence-corrected chi connectivity index (χ1v) is 8.43. The minimum atomic E-state index is -0.624. The number of benzene rings is 2. The second-order valence-electron chi connectivity index (χ2n) is 6.90. The van der Waals surface area contributed by atoms with Gasteiger partial charge in [0, 0.05) is 29.5 Å². The van der Waals surface area contributed by atoms with Gasteiger partial charge in [-0.2, -0.15) is 0 Å². The number of carbonyl (C=O) groups is 1. The smallest absolute Gasteiger partial charge is 0.226 e. The molecule has 0 N–H and O–H groups in total.